The molecule has 1 amide bonds. The van der Waals surface area contributed by atoms with Gasteiger partial charge in [-0.1, -0.05) is 18.2 Å². The number of nitro benzene ring substituents is 1. The van der Waals surface area contributed by atoms with E-state index in [1.54, 1.807) is 37.3 Å². The number of esters is 1. The van der Waals surface area contributed by atoms with E-state index in [4.69, 9.17) is 17.0 Å². The highest BCUT2D eigenvalue weighted by Gasteiger charge is 2.26. The number of benzene rings is 2. The molecule has 2 aromatic carbocycles. The molecule has 31 heavy (non-hydrogen) atoms. The van der Waals surface area contributed by atoms with E-state index < -0.39 is 10.9 Å². The van der Waals surface area contributed by atoms with Gasteiger partial charge in [0.05, 0.1) is 17.1 Å². The smallest absolute Gasteiger partial charge is 0.338 e. The van der Waals surface area contributed by atoms with Crippen LogP contribution in [0.3, 0.4) is 0 Å². The van der Waals surface area contributed by atoms with Crippen LogP contribution in [-0.4, -0.2) is 59.6 Å². The molecule has 0 saturated carbocycles. The van der Waals surface area contributed by atoms with Crippen molar-refractivity contribution in [2.24, 2.45) is 0 Å². The van der Waals surface area contributed by atoms with E-state index in [1.807, 2.05) is 15.9 Å². The zero-order chi connectivity index (χ0) is 22.4. The fourth-order valence-electron chi connectivity index (χ4n) is 3.27. The Labute approximate surface area is 184 Å². The first-order chi connectivity index (χ1) is 14.9. The Kier molecular flexibility index (Phi) is 7.14. The van der Waals surface area contributed by atoms with Crippen LogP contribution in [0.15, 0.2) is 48.5 Å². The molecule has 2 aromatic rings. The Hall–Kier alpha value is -3.53. The molecule has 0 bridgehead atoms. The third kappa shape index (κ3) is 5.34. The maximum atomic E-state index is 12.3. The van der Waals surface area contributed by atoms with Crippen LogP contribution in [0.25, 0.3) is 0 Å². The predicted octanol–water partition coefficient (Wildman–Crippen LogP) is 2.61. The molecular formula is C21H22N4O5S. The van der Waals surface area contributed by atoms with Gasteiger partial charge >= 0.3 is 5.97 Å². The molecule has 0 unspecified atom stereocenters. The third-order valence-corrected chi connectivity index (χ3v) is 5.21. The van der Waals surface area contributed by atoms with E-state index in [0.717, 1.165) is 0 Å². The summed E-state index contributed by atoms with van der Waals surface area (Å²) in [4.78, 5) is 39.0. The lowest BCUT2D eigenvalue weighted by molar-refractivity contribution is -0.384. The number of amides is 1. The number of nitrogens with zero attached hydrogens (tertiary/aromatic N) is 3. The van der Waals surface area contributed by atoms with Crippen molar-refractivity contribution in [3.63, 3.8) is 0 Å². The van der Waals surface area contributed by atoms with Gasteiger partial charge in [-0.05, 0) is 43.4 Å². The van der Waals surface area contributed by atoms with Crippen molar-refractivity contribution in [3.05, 3.63) is 69.8 Å². The SMILES string of the molecule is CCOC(=O)c1ccc(N2CCN(C(=S)NC(=O)c3ccccc3)CC2)c([N+](=O)[O-])c1. The van der Waals surface area contributed by atoms with Crippen LogP contribution in [0.2, 0.25) is 0 Å². The Morgan fingerprint density at radius 2 is 1.77 bits per heavy atom. The standard InChI is InChI=1S/C21H22N4O5S/c1-2-30-20(27)16-8-9-17(18(14-16)25(28)29)23-10-12-24(13-11-23)21(31)22-19(26)15-6-4-3-5-7-15/h3-9,14H,2,10-13H2,1H3,(H,22,26,31). The van der Waals surface area contributed by atoms with E-state index >= 15 is 0 Å². The second-order valence-corrected chi connectivity index (χ2v) is 7.17. The molecule has 0 atom stereocenters. The van der Waals surface area contributed by atoms with Gasteiger partial charge in [0.25, 0.3) is 11.6 Å². The van der Waals surface area contributed by atoms with Crippen molar-refractivity contribution in [1.82, 2.24) is 10.2 Å². The normalized spacial score (nSPS) is 13.5. The van der Waals surface area contributed by atoms with E-state index in [2.05, 4.69) is 5.32 Å². The number of anilines is 1. The predicted molar refractivity (Wildman–Crippen MR) is 119 cm³/mol. The molecule has 1 aliphatic heterocycles. The summed E-state index contributed by atoms with van der Waals surface area (Å²) in [6.45, 7) is 3.79. The third-order valence-electron chi connectivity index (χ3n) is 4.85. The molecule has 1 heterocycles. The summed E-state index contributed by atoms with van der Waals surface area (Å²) in [6, 6.07) is 13.1. The molecule has 162 valence electrons. The van der Waals surface area contributed by atoms with Gasteiger partial charge in [-0.15, -0.1) is 0 Å². The minimum Gasteiger partial charge on any atom is -0.462 e. The molecule has 9 nitrogen and oxygen atoms in total. The van der Waals surface area contributed by atoms with E-state index in [-0.39, 0.29) is 23.8 Å². The number of carbonyl (C=O) groups is 2. The van der Waals surface area contributed by atoms with E-state index in [1.165, 1.54) is 12.1 Å². The van der Waals surface area contributed by atoms with Crippen LogP contribution in [0.5, 0.6) is 0 Å². The van der Waals surface area contributed by atoms with Crippen molar-refractivity contribution in [2.75, 3.05) is 37.7 Å². The summed E-state index contributed by atoms with van der Waals surface area (Å²) in [5.74, 6) is -0.875. The lowest BCUT2D eigenvalue weighted by Crippen LogP contribution is -2.52. The summed E-state index contributed by atoms with van der Waals surface area (Å²) in [7, 11) is 0. The monoisotopic (exact) mass is 442 g/mol. The number of rotatable bonds is 5. The topological polar surface area (TPSA) is 105 Å². The van der Waals surface area contributed by atoms with Gasteiger partial charge in [-0.3, -0.25) is 20.2 Å². The summed E-state index contributed by atoms with van der Waals surface area (Å²) in [5.41, 5.74) is 0.928. The average molecular weight is 442 g/mol. The van der Waals surface area contributed by atoms with Crippen LogP contribution >= 0.6 is 12.2 Å². The van der Waals surface area contributed by atoms with Crippen molar-refractivity contribution in [3.8, 4) is 0 Å². The second-order valence-electron chi connectivity index (χ2n) is 6.78. The highest BCUT2D eigenvalue weighted by Crippen LogP contribution is 2.30. The summed E-state index contributed by atoms with van der Waals surface area (Å²) in [6.07, 6.45) is 0. The van der Waals surface area contributed by atoms with Crippen molar-refractivity contribution in [2.45, 2.75) is 6.92 Å². The number of hydrogen-bond donors (Lipinski definition) is 1. The highest BCUT2D eigenvalue weighted by atomic mass is 32.1. The van der Waals surface area contributed by atoms with Gasteiger partial charge in [0, 0.05) is 37.8 Å². The molecule has 0 spiro atoms. The van der Waals surface area contributed by atoms with E-state index in [9.17, 15) is 19.7 Å². The number of ether oxygens (including phenoxy) is 1. The first kappa shape index (κ1) is 22.2. The molecule has 10 heteroatoms. The largest absolute Gasteiger partial charge is 0.462 e. The van der Waals surface area contributed by atoms with Crippen LogP contribution in [-0.2, 0) is 4.74 Å². The number of hydrogen-bond acceptors (Lipinski definition) is 7. The Bertz CT molecular complexity index is 991. The molecule has 1 aliphatic rings. The Morgan fingerprint density at radius 3 is 2.39 bits per heavy atom. The Morgan fingerprint density at radius 1 is 1.10 bits per heavy atom. The Balaban J connectivity index is 1.65. The molecule has 0 aromatic heterocycles. The molecule has 0 radical (unpaired) electrons. The fourth-order valence-corrected chi connectivity index (χ4v) is 3.54. The molecule has 1 N–H and O–H groups in total. The molecule has 1 saturated heterocycles. The summed E-state index contributed by atoms with van der Waals surface area (Å²) >= 11 is 5.36. The summed E-state index contributed by atoms with van der Waals surface area (Å²) < 4.78 is 4.92. The van der Waals surface area contributed by atoms with Crippen molar-refractivity contribution in [1.29, 1.82) is 0 Å². The van der Waals surface area contributed by atoms with Gasteiger partial charge in [-0.25, -0.2) is 4.79 Å². The quantitative estimate of drug-likeness (QED) is 0.326. The maximum Gasteiger partial charge on any atom is 0.338 e. The van der Waals surface area contributed by atoms with Crippen LogP contribution in [0.1, 0.15) is 27.6 Å². The van der Waals surface area contributed by atoms with Gasteiger partial charge in [0.15, 0.2) is 5.11 Å². The second kappa shape index (κ2) is 9.98. The first-order valence-corrected chi connectivity index (χ1v) is 10.2. The number of thiocarbonyl (C=S) groups is 1. The molecular weight excluding hydrogens is 420 g/mol. The molecule has 3 rings (SSSR count). The zero-order valence-electron chi connectivity index (χ0n) is 16.9. The minimum atomic E-state index is -0.596. The van der Waals surface area contributed by atoms with Gasteiger partial charge in [-0.2, -0.15) is 0 Å². The average Bonchev–Trinajstić information content (AvgIpc) is 2.79. The number of piperazine rings is 1. The lowest BCUT2D eigenvalue weighted by atomic mass is 10.1. The molecule has 1 fully saturated rings. The van der Waals surface area contributed by atoms with E-state index in [0.29, 0.717) is 42.5 Å². The molecule has 0 aliphatic carbocycles. The first-order valence-electron chi connectivity index (χ1n) is 9.76. The lowest BCUT2D eigenvalue weighted by Gasteiger charge is -2.37. The van der Waals surface area contributed by atoms with Crippen LogP contribution < -0.4 is 10.2 Å². The number of nitro groups is 1. The number of nitrogens with one attached hydrogen (secondary N) is 1. The number of carbonyl (C=O) groups excluding carboxylic acids is 2. The fraction of sp³-hybridized carbons (Fsp3) is 0.286. The summed E-state index contributed by atoms with van der Waals surface area (Å²) in [5, 5.41) is 14.6. The maximum absolute atomic E-state index is 12.3. The van der Waals surface area contributed by atoms with Crippen LogP contribution in [0.4, 0.5) is 11.4 Å². The van der Waals surface area contributed by atoms with Crippen molar-refractivity contribution < 1.29 is 19.2 Å². The highest BCUT2D eigenvalue weighted by molar-refractivity contribution is 7.80. The van der Waals surface area contributed by atoms with Gasteiger partial charge in [0.1, 0.15) is 5.69 Å². The van der Waals surface area contributed by atoms with Gasteiger partial charge in [0.2, 0.25) is 0 Å². The van der Waals surface area contributed by atoms with Gasteiger partial charge < -0.3 is 14.5 Å². The zero-order valence-corrected chi connectivity index (χ0v) is 17.8. The van der Waals surface area contributed by atoms with Crippen LogP contribution in [0, 0.1) is 10.1 Å². The van der Waals surface area contributed by atoms with Crippen molar-refractivity contribution >= 4 is 40.6 Å². The minimum absolute atomic E-state index is 0.140.